The minimum atomic E-state index is -0.0593. The van der Waals surface area contributed by atoms with Gasteiger partial charge in [0.25, 0.3) is 0 Å². The summed E-state index contributed by atoms with van der Waals surface area (Å²) in [6, 6.07) is -0.0593. The average molecular weight is 199 g/mol. The number of nitrogens with one attached hydrogen (secondary N) is 1. The smallest absolute Gasteiger partial charge is 0.317 e. The molecule has 0 aliphatic carbocycles. The zero-order valence-corrected chi connectivity index (χ0v) is 8.73. The molecular weight excluding hydrogens is 182 g/mol. The van der Waals surface area contributed by atoms with Gasteiger partial charge in [-0.1, -0.05) is 5.11 Å². The topological polar surface area (TPSA) is 81.1 Å². The van der Waals surface area contributed by atoms with E-state index in [4.69, 9.17) is 5.53 Å². The zero-order valence-electron chi connectivity index (χ0n) is 8.73. The minimum Gasteiger partial charge on any atom is -0.338 e. The molecule has 14 heavy (non-hydrogen) atoms. The van der Waals surface area contributed by atoms with Gasteiger partial charge < -0.3 is 10.2 Å². The maximum Gasteiger partial charge on any atom is 0.317 e. The highest BCUT2D eigenvalue weighted by atomic mass is 16.2. The van der Waals surface area contributed by atoms with E-state index in [1.807, 2.05) is 13.8 Å². The van der Waals surface area contributed by atoms with E-state index in [1.54, 1.807) is 4.90 Å². The quantitative estimate of drug-likeness (QED) is 0.300. The highest BCUT2D eigenvalue weighted by Gasteiger charge is 2.06. The molecule has 80 valence electrons. The van der Waals surface area contributed by atoms with Crippen molar-refractivity contribution in [2.75, 3.05) is 26.2 Å². The summed E-state index contributed by atoms with van der Waals surface area (Å²) in [5.74, 6) is 0. The van der Waals surface area contributed by atoms with Crippen molar-refractivity contribution < 1.29 is 4.79 Å². The third-order valence-corrected chi connectivity index (χ3v) is 1.83. The molecule has 0 heterocycles. The lowest BCUT2D eigenvalue weighted by Gasteiger charge is -2.18. The Kier molecular flexibility index (Phi) is 7.36. The van der Waals surface area contributed by atoms with E-state index in [9.17, 15) is 4.79 Å². The van der Waals surface area contributed by atoms with E-state index < -0.39 is 0 Å². The normalized spacial score (nSPS) is 9.00. The van der Waals surface area contributed by atoms with Crippen molar-refractivity contribution in [3.8, 4) is 0 Å². The Labute approximate surface area is 83.9 Å². The van der Waals surface area contributed by atoms with Gasteiger partial charge in [0.1, 0.15) is 0 Å². The molecular formula is C8H17N5O. The predicted molar refractivity (Wildman–Crippen MR) is 54.9 cm³/mol. The van der Waals surface area contributed by atoms with Crippen molar-refractivity contribution >= 4 is 6.03 Å². The van der Waals surface area contributed by atoms with Crippen molar-refractivity contribution in [3.63, 3.8) is 0 Å². The highest BCUT2D eigenvalue weighted by molar-refractivity contribution is 5.73. The van der Waals surface area contributed by atoms with Crippen molar-refractivity contribution in [3.05, 3.63) is 10.4 Å². The number of urea groups is 1. The lowest BCUT2D eigenvalue weighted by Crippen LogP contribution is -2.40. The highest BCUT2D eigenvalue weighted by Crippen LogP contribution is 1.88. The Morgan fingerprint density at radius 2 is 2.14 bits per heavy atom. The molecule has 0 spiro atoms. The molecule has 0 unspecified atom stereocenters. The van der Waals surface area contributed by atoms with Crippen LogP contribution in [0.25, 0.3) is 10.4 Å². The van der Waals surface area contributed by atoms with Crippen LogP contribution in [0, 0.1) is 0 Å². The van der Waals surface area contributed by atoms with E-state index >= 15 is 0 Å². The van der Waals surface area contributed by atoms with Crippen LogP contribution in [-0.4, -0.2) is 37.1 Å². The molecule has 0 atom stereocenters. The van der Waals surface area contributed by atoms with Crippen LogP contribution in [0.5, 0.6) is 0 Å². The number of rotatable bonds is 6. The van der Waals surface area contributed by atoms with Gasteiger partial charge in [0.15, 0.2) is 0 Å². The molecule has 0 radical (unpaired) electrons. The van der Waals surface area contributed by atoms with Crippen LogP contribution in [0.4, 0.5) is 4.79 Å². The van der Waals surface area contributed by atoms with Crippen LogP contribution in [0.15, 0.2) is 5.11 Å². The lowest BCUT2D eigenvalue weighted by atomic mass is 10.4. The maximum atomic E-state index is 11.3. The summed E-state index contributed by atoms with van der Waals surface area (Å²) < 4.78 is 0. The van der Waals surface area contributed by atoms with Gasteiger partial charge in [0.2, 0.25) is 0 Å². The number of azide groups is 1. The van der Waals surface area contributed by atoms with E-state index in [0.29, 0.717) is 32.6 Å². The Morgan fingerprint density at radius 3 is 2.64 bits per heavy atom. The van der Waals surface area contributed by atoms with Gasteiger partial charge >= 0.3 is 6.03 Å². The molecule has 6 heteroatoms. The van der Waals surface area contributed by atoms with E-state index in [-0.39, 0.29) is 6.03 Å². The molecule has 6 nitrogen and oxygen atoms in total. The number of carbonyl (C=O) groups is 1. The third kappa shape index (κ3) is 5.27. The first kappa shape index (κ1) is 12.6. The van der Waals surface area contributed by atoms with Gasteiger partial charge in [-0.15, -0.1) is 0 Å². The minimum absolute atomic E-state index is 0.0593. The predicted octanol–water partition coefficient (Wildman–Crippen LogP) is 1.74. The first-order chi connectivity index (χ1) is 6.76. The van der Waals surface area contributed by atoms with Crippen molar-refractivity contribution in [2.24, 2.45) is 5.11 Å². The lowest BCUT2D eigenvalue weighted by molar-refractivity contribution is 0.203. The summed E-state index contributed by atoms with van der Waals surface area (Å²) in [6.45, 7) is 6.26. The fourth-order valence-electron chi connectivity index (χ4n) is 1.01. The first-order valence-corrected chi connectivity index (χ1v) is 4.79. The van der Waals surface area contributed by atoms with Gasteiger partial charge in [-0.05, 0) is 25.8 Å². The van der Waals surface area contributed by atoms with Crippen LogP contribution in [0.2, 0.25) is 0 Å². The summed E-state index contributed by atoms with van der Waals surface area (Å²) in [4.78, 5) is 15.7. The summed E-state index contributed by atoms with van der Waals surface area (Å²) >= 11 is 0. The standard InChI is InChI=1S/C8H17N5O/c1-3-13(4-2)8(14)10-6-5-7-11-12-9/h3-7H2,1-2H3,(H,10,14). The van der Waals surface area contributed by atoms with Crippen molar-refractivity contribution in [1.29, 1.82) is 0 Å². The first-order valence-electron chi connectivity index (χ1n) is 4.79. The molecule has 0 aromatic carbocycles. The van der Waals surface area contributed by atoms with Crippen LogP contribution in [0.3, 0.4) is 0 Å². The second kappa shape index (κ2) is 8.19. The molecule has 0 saturated carbocycles. The van der Waals surface area contributed by atoms with Gasteiger partial charge in [-0.25, -0.2) is 4.79 Å². The summed E-state index contributed by atoms with van der Waals surface area (Å²) in [7, 11) is 0. The molecule has 0 aromatic rings. The van der Waals surface area contributed by atoms with Crippen LogP contribution in [0.1, 0.15) is 20.3 Å². The van der Waals surface area contributed by atoms with Crippen LogP contribution >= 0.6 is 0 Å². The van der Waals surface area contributed by atoms with Gasteiger partial charge in [0, 0.05) is 31.1 Å². The molecule has 2 amide bonds. The molecule has 0 aromatic heterocycles. The Morgan fingerprint density at radius 1 is 1.50 bits per heavy atom. The SMILES string of the molecule is CCN(CC)C(=O)NCCCN=[N+]=[N-]. The average Bonchev–Trinajstić information content (AvgIpc) is 2.19. The fourth-order valence-corrected chi connectivity index (χ4v) is 1.01. The number of carbonyl (C=O) groups excluding carboxylic acids is 1. The molecule has 0 saturated heterocycles. The van der Waals surface area contributed by atoms with E-state index in [1.165, 1.54) is 0 Å². The molecule has 0 aliphatic rings. The number of hydrogen-bond acceptors (Lipinski definition) is 2. The zero-order chi connectivity index (χ0) is 10.8. The Hall–Kier alpha value is -1.42. The molecule has 0 fully saturated rings. The van der Waals surface area contributed by atoms with Gasteiger partial charge in [-0.2, -0.15) is 0 Å². The second-order valence-electron chi connectivity index (χ2n) is 2.71. The fraction of sp³-hybridized carbons (Fsp3) is 0.875. The monoisotopic (exact) mass is 199 g/mol. The molecule has 1 N–H and O–H groups in total. The molecule has 0 bridgehead atoms. The van der Waals surface area contributed by atoms with Gasteiger partial charge in [-0.3, -0.25) is 0 Å². The van der Waals surface area contributed by atoms with Crippen LogP contribution in [-0.2, 0) is 0 Å². The van der Waals surface area contributed by atoms with E-state index in [0.717, 1.165) is 0 Å². The van der Waals surface area contributed by atoms with Gasteiger partial charge in [0.05, 0.1) is 0 Å². The number of hydrogen-bond donors (Lipinski definition) is 1. The molecule has 0 aliphatic heterocycles. The van der Waals surface area contributed by atoms with Crippen molar-refractivity contribution in [2.45, 2.75) is 20.3 Å². The number of nitrogens with zero attached hydrogens (tertiary/aromatic N) is 4. The van der Waals surface area contributed by atoms with Crippen LogP contribution < -0.4 is 5.32 Å². The Balaban J connectivity index is 3.57. The van der Waals surface area contributed by atoms with Crippen molar-refractivity contribution in [1.82, 2.24) is 10.2 Å². The molecule has 0 rings (SSSR count). The summed E-state index contributed by atoms with van der Waals surface area (Å²) in [5, 5.41) is 6.12. The summed E-state index contributed by atoms with van der Waals surface area (Å²) in [5.41, 5.74) is 8.00. The number of amides is 2. The second-order valence-corrected chi connectivity index (χ2v) is 2.71. The Bertz CT molecular complexity index is 208. The van der Waals surface area contributed by atoms with E-state index in [2.05, 4.69) is 15.3 Å². The maximum absolute atomic E-state index is 11.3. The third-order valence-electron chi connectivity index (χ3n) is 1.83. The largest absolute Gasteiger partial charge is 0.338 e. The summed E-state index contributed by atoms with van der Waals surface area (Å²) in [6.07, 6.45) is 0.678.